The van der Waals surface area contributed by atoms with Crippen molar-refractivity contribution in [2.75, 3.05) is 44.1 Å². The summed E-state index contributed by atoms with van der Waals surface area (Å²) >= 11 is 0. The van der Waals surface area contributed by atoms with Crippen molar-refractivity contribution in [1.82, 2.24) is 14.9 Å². The maximum absolute atomic E-state index is 11.2. The summed E-state index contributed by atoms with van der Waals surface area (Å²) in [5.41, 5.74) is 2.20. The van der Waals surface area contributed by atoms with E-state index >= 15 is 0 Å². The number of aromatic nitrogens is 2. The highest BCUT2D eigenvalue weighted by Crippen LogP contribution is 2.24. The zero-order chi connectivity index (χ0) is 14.0. The van der Waals surface area contributed by atoms with Gasteiger partial charge in [-0.25, -0.2) is 18.4 Å². The Kier molecular flexibility index (Phi) is 4.05. The fourth-order valence-corrected chi connectivity index (χ4v) is 2.84. The maximum atomic E-state index is 11.2. The van der Waals surface area contributed by atoms with Crippen molar-refractivity contribution in [3.8, 4) is 0 Å². The van der Waals surface area contributed by atoms with E-state index in [0.29, 0.717) is 6.54 Å². The van der Waals surface area contributed by atoms with Gasteiger partial charge in [-0.3, -0.25) is 4.90 Å². The quantitative estimate of drug-likeness (QED) is 0.772. The Hall–Kier alpha value is -1.21. The molecule has 0 radical (unpaired) electrons. The van der Waals surface area contributed by atoms with Crippen molar-refractivity contribution in [3.63, 3.8) is 0 Å². The Bertz CT molecular complexity index is 557. The first-order valence-electron chi connectivity index (χ1n) is 6.27. The average Bonchev–Trinajstić information content (AvgIpc) is 2.34. The monoisotopic (exact) mass is 284 g/mol. The molecule has 1 aliphatic rings. The number of sulfone groups is 1. The molecule has 0 bridgehead atoms. The Morgan fingerprint density at radius 2 is 2.11 bits per heavy atom. The number of fused-ring (bicyclic) bond motifs is 1. The summed E-state index contributed by atoms with van der Waals surface area (Å²) in [4.78, 5) is 12.8. The molecule has 6 nitrogen and oxygen atoms in total. The summed E-state index contributed by atoms with van der Waals surface area (Å²) in [7, 11) is 1.00. The van der Waals surface area contributed by atoms with E-state index in [1.165, 1.54) is 6.26 Å². The van der Waals surface area contributed by atoms with Crippen LogP contribution in [0.15, 0.2) is 6.33 Å². The number of hydrogen-bond acceptors (Lipinski definition) is 6. The second-order valence-electron chi connectivity index (χ2n) is 5.17. The van der Waals surface area contributed by atoms with Gasteiger partial charge in [0.25, 0.3) is 0 Å². The Morgan fingerprint density at radius 3 is 2.74 bits per heavy atom. The summed E-state index contributed by atoms with van der Waals surface area (Å²) < 4.78 is 22.5. The molecule has 0 saturated carbocycles. The molecule has 0 saturated heterocycles. The van der Waals surface area contributed by atoms with Gasteiger partial charge in [0, 0.05) is 52.0 Å². The Morgan fingerprint density at radius 1 is 1.37 bits per heavy atom. The number of rotatable bonds is 4. The summed E-state index contributed by atoms with van der Waals surface area (Å²) in [5, 5.41) is 0. The highest BCUT2D eigenvalue weighted by molar-refractivity contribution is 7.90. The van der Waals surface area contributed by atoms with Crippen LogP contribution in [0.1, 0.15) is 11.3 Å². The minimum atomic E-state index is -2.91. The minimum Gasteiger partial charge on any atom is -0.362 e. The van der Waals surface area contributed by atoms with Crippen LogP contribution in [0.2, 0.25) is 0 Å². The van der Waals surface area contributed by atoms with Crippen molar-refractivity contribution in [2.24, 2.45) is 0 Å². The first kappa shape index (κ1) is 14.2. The van der Waals surface area contributed by atoms with Crippen molar-refractivity contribution in [2.45, 2.75) is 13.0 Å². The van der Waals surface area contributed by atoms with E-state index in [0.717, 1.165) is 36.6 Å². The molecular weight excluding hydrogens is 264 g/mol. The molecule has 19 heavy (non-hydrogen) atoms. The summed E-state index contributed by atoms with van der Waals surface area (Å²) in [6.45, 7) is 2.14. The van der Waals surface area contributed by atoms with Crippen LogP contribution in [0.25, 0.3) is 0 Å². The number of nitrogens with zero attached hydrogens (tertiary/aromatic N) is 4. The Balaban J connectivity index is 2.14. The van der Waals surface area contributed by atoms with Crippen LogP contribution in [0.4, 0.5) is 5.82 Å². The molecule has 0 amide bonds. The zero-order valence-electron chi connectivity index (χ0n) is 11.6. The van der Waals surface area contributed by atoms with Gasteiger partial charge in [-0.05, 0) is 0 Å². The molecule has 0 aromatic carbocycles. The van der Waals surface area contributed by atoms with E-state index in [1.807, 2.05) is 19.0 Å². The van der Waals surface area contributed by atoms with Crippen LogP contribution in [-0.2, 0) is 22.8 Å². The molecular formula is C12H20N4O2S. The largest absolute Gasteiger partial charge is 0.362 e. The highest BCUT2D eigenvalue weighted by atomic mass is 32.2. The fraction of sp³-hybridized carbons (Fsp3) is 0.667. The van der Waals surface area contributed by atoms with Crippen LogP contribution in [0, 0.1) is 0 Å². The van der Waals surface area contributed by atoms with Crippen molar-refractivity contribution < 1.29 is 8.42 Å². The van der Waals surface area contributed by atoms with Crippen molar-refractivity contribution >= 4 is 15.7 Å². The van der Waals surface area contributed by atoms with Gasteiger partial charge in [-0.15, -0.1) is 0 Å². The number of hydrogen-bond donors (Lipinski definition) is 0. The van der Waals surface area contributed by atoms with E-state index in [2.05, 4.69) is 14.9 Å². The molecule has 2 heterocycles. The maximum Gasteiger partial charge on any atom is 0.148 e. The second kappa shape index (κ2) is 5.42. The van der Waals surface area contributed by atoms with E-state index in [4.69, 9.17) is 0 Å². The van der Waals surface area contributed by atoms with Crippen LogP contribution in [-0.4, -0.2) is 62.5 Å². The molecule has 1 aromatic rings. The van der Waals surface area contributed by atoms with Crippen LogP contribution in [0.5, 0.6) is 0 Å². The van der Waals surface area contributed by atoms with Gasteiger partial charge in [0.2, 0.25) is 0 Å². The van der Waals surface area contributed by atoms with Gasteiger partial charge in [0.1, 0.15) is 22.0 Å². The average molecular weight is 284 g/mol. The predicted octanol–water partition coefficient (Wildman–Crippen LogP) is -0.0547. The molecule has 0 N–H and O–H groups in total. The van der Waals surface area contributed by atoms with Crippen LogP contribution >= 0.6 is 0 Å². The Labute approximate surface area is 114 Å². The van der Waals surface area contributed by atoms with Gasteiger partial charge in [-0.1, -0.05) is 0 Å². The SMILES string of the molecule is CN(C)c1ncnc2c1CN(CCS(C)(=O)=O)CC2. The van der Waals surface area contributed by atoms with E-state index in [-0.39, 0.29) is 5.75 Å². The first-order valence-corrected chi connectivity index (χ1v) is 8.33. The molecule has 0 aliphatic carbocycles. The third-order valence-corrected chi connectivity index (χ3v) is 4.18. The van der Waals surface area contributed by atoms with Crippen molar-refractivity contribution in [3.05, 3.63) is 17.6 Å². The molecule has 0 spiro atoms. The van der Waals surface area contributed by atoms with Gasteiger partial charge in [0.05, 0.1) is 11.4 Å². The second-order valence-corrected chi connectivity index (χ2v) is 7.43. The summed E-state index contributed by atoms with van der Waals surface area (Å²) in [6.07, 6.45) is 3.72. The molecule has 0 unspecified atom stereocenters. The normalized spacial score (nSPS) is 16.2. The molecule has 106 valence electrons. The van der Waals surface area contributed by atoms with E-state index in [1.54, 1.807) is 6.33 Å². The van der Waals surface area contributed by atoms with Gasteiger partial charge < -0.3 is 4.90 Å². The standard InChI is InChI=1S/C12H20N4O2S/c1-15(2)12-10-8-16(6-7-19(3,17)18)5-4-11(10)13-9-14-12/h9H,4-8H2,1-3H3. The lowest BCUT2D eigenvalue weighted by Crippen LogP contribution is -2.35. The van der Waals surface area contributed by atoms with Gasteiger partial charge in [-0.2, -0.15) is 0 Å². The lowest BCUT2D eigenvalue weighted by molar-refractivity contribution is 0.266. The molecule has 1 aliphatic heterocycles. The molecule has 1 aromatic heterocycles. The van der Waals surface area contributed by atoms with E-state index < -0.39 is 9.84 Å². The lowest BCUT2D eigenvalue weighted by atomic mass is 10.1. The highest BCUT2D eigenvalue weighted by Gasteiger charge is 2.22. The smallest absolute Gasteiger partial charge is 0.148 e. The summed E-state index contributed by atoms with van der Waals surface area (Å²) in [6, 6.07) is 0. The molecule has 2 rings (SSSR count). The topological polar surface area (TPSA) is 66.4 Å². The van der Waals surface area contributed by atoms with Crippen LogP contribution in [0.3, 0.4) is 0 Å². The third-order valence-electron chi connectivity index (χ3n) is 3.26. The van der Waals surface area contributed by atoms with E-state index in [9.17, 15) is 8.42 Å². The first-order chi connectivity index (χ1) is 8.87. The predicted molar refractivity (Wildman–Crippen MR) is 75.1 cm³/mol. The minimum absolute atomic E-state index is 0.202. The lowest BCUT2D eigenvalue weighted by Gasteiger charge is -2.30. The number of anilines is 1. The molecule has 0 atom stereocenters. The van der Waals surface area contributed by atoms with Crippen LogP contribution < -0.4 is 4.90 Å². The van der Waals surface area contributed by atoms with Gasteiger partial charge in [0.15, 0.2) is 0 Å². The fourth-order valence-electron chi connectivity index (χ4n) is 2.25. The molecule has 0 fully saturated rings. The van der Waals surface area contributed by atoms with Gasteiger partial charge >= 0.3 is 0 Å². The zero-order valence-corrected chi connectivity index (χ0v) is 12.4. The third kappa shape index (κ3) is 3.63. The molecule has 7 heteroatoms. The van der Waals surface area contributed by atoms with Crippen molar-refractivity contribution in [1.29, 1.82) is 0 Å². The summed E-state index contributed by atoms with van der Waals surface area (Å²) in [5.74, 6) is 1.13.